The SMILES string of the molecule is CCc1[nH]c(=O)c(-c2cc(F)ccc2OC)cc1CN1C=CCC(C)C(C(F)(F)CC)=C(Oc2cc(Cl)cc(C#N)c2)C1=O. The lowest BCUT2D eigenvalue weighted by molar-refractivity contribution is -0.128. The molecule has 0 aliphatic carbocycles. The third kappa shape index (κ3) is 6.84. The van der Waals surface area contributed by atoms with Crippen LogP contribution in [0.15, 0.2) is 70.9 Å². The number of halogens is 4. The molecule has 1 amide bonds. The zero-order valence-corrected chi connectivity index (χ0v) is 25.4. The Balaban J connectivity index is 1.86. The van der Waals surface area contributed by atoms with Gasteiger partial charge in [0, 0.05) is 34.5 Å². The number of aryl methyl sites for hydroxylation is 1. The van der Waals surface area contributed by atoms with Gasteiger partial charge in [-0.2, -0.15) is 5.26 Å². The summed E-state index contributed by atoms with van der Waals surface area (Å²) in [6.07, 6.45) is 3.11. The minimum absolute atomic E-state index is 0.0442. The summed E-state index contributed by atoms with van der Waals surface area (Å²) in [6, 6.07) is 11.3. The fourth-order valence-electron chi connectivity index (χ4n) is 5.13. The topological polar surface area (TPSA) is 95.4 Å². The average Bonchev–Trinajstić information content (AvgIpc) is 2.99. The van der Waals surface area contributed by atoms with E-state index in [9.17, 15) is 19.2 Å². The Morgan fingerprint density at radius 2 is 1.89 bits per heavy atom. The highest BCUT2D eigenvalue weighted by Gasteiger charge is 2.42. The summed E-state index contributed by atoms with van der Waals surface area (Å²) >= 11 is 6.14. The Labute approximate surface area is 258 Å². The number of benzene rings is 2. The molecule has 4 rings (SSSR count). The fraction of sp³-hybridized carbons (Fsp3) is 0.303. The predicted octanol–water partition coefficient (Wildman–Crippen LogP) is 7.54. The van der Waals surface area contributed by atoms with Crippen LogP contribution in [-0.4, -0.2) is 28.8 Å². The van der Waals surface area contributed by atoms with E-state index in [4.69, 9.17) is 21.1 Å². The van der Waals surface area contributed by atoms with Gasteiger partial charge in [0.1, 0.15) is 17.3 Å². The quantitative estimate of drug-likeness (QED) is 0.265. The van der Waals surface area contributed by atoms with Crippen molar-refractivity contribution in [3.05, 3.63) is 104 Å². The van der Waals surface area contributed by atoms with Gasteiger partial charge in [0.25, 0.3) is 17.4 Å². The van der Waals surface area contributed by atoms with Crippen molar-refractivity contribution in [3.8, 4) is 28.7 Å². The first kappa shape index (κ1) is 32.4. The maximum Gasteiger partial charge on any atom is 0.294 e. The van der Waals surface area contributed by atoms with Gasteiger partial charge >= 0.3 is 0 Å². The van der Waals surface area contributed by atoms with Crippen LogP contribution in [0.3, 0.4) is 0 Å². The maximum atomic E-state index is 15.5. The summed E-state index contributed by atoms with van der Waals surface area (Å²) in [5, 5.41) is 9.51. The fourth-order valence-corrected chi connectivity index (χ4v) is 5.36. The molecule has 7 nitrogen and oxygen atoms in total. The van der Waals surface area contributed by atoms with Crippen LogP contribution in [-0.2, 0) is 17.8 Å². The lowest BCUT2D eigenvalue weighted by atomic mass is 9.88. The number of aromatic amines is 1. The first-order valence-corrected chi connectivity index (χ1v) is 14.4. The second-order valence-corrected chi connectivity index (χ2v) is 10.8. The third-order valence-electron chi connectivity index (χ3n) is 7.39. The van der Waals surface area contributed by atoms with Crippen molar-refractivity contribution in [2.45, 2.75) is 52.5 Å². The predicted molar refractivity (Wildman–Crippen MR) is 161 cm³/mol. The van der Waals surface area contributed by atoms with Gasteiger partial charge < -0.3 is 19.4 Å². The van der Waals surface area contributed by atoms with Crippen LogP contribution in [0.4, 0.5) is 13.2 Å². The maximum absolute atomic E-state index is 15.5. The number of ether oxygens (including phenoxy) is 2. The Hall–Kier alpha value is -4.49. The van der Waals surface area contributed by atoms with E-state index in [1.807, 2.05) is 13.0 Å². The first-order valence-electron chi connectivity index (χ1n) is 14.0. The number of hydrogen-bond acceptors (Lipinski definition) is 5. The molecular weight excluding hydrogens is 595 g/mol. The number of carbonyl (C=O) groups is 1. The molecule has 0 bridgehead atoms. The highest BCUT2D eigenvalue weighted by molar-refractivity contribution is 6.30. The van der Waals surface area contributed by atoms with Crippen LogP contribution in [0.2, 0.25) is 5.02 Å². The molecule has 1 N–H and O–H groups in total. The number of nitrogens with zero attached hydrogens (tertiary/aromatic N) is 2. The molecule has 0 saturated carbocycles. The molecule has 1 aliphatic heterocycles. The van der Waals surface area contributed by atoms with Crippen LogP contribution < -0.4 is 15.0 Å². The van der Waals surface area contributed by atoms with Gasteiger partial charge in [0.15, 0.2) is 5.76 Å². The van der Waals surface area contributed by atoms with Crippen LogP contribution in [0.25, 0.3) is 11.1 Å². The molecule has 230 valence electrons. The number of nitrogens with one attached hydrogen (secondary N) is 1. The van der Waals surface area contributed by atoms with Gasteiger partial charge in [-0.3, -0.25) is 9.59 Å². The first-order chi connectivity index (χ1) is 20.9. The monoisotopic (exact) mass is 625 g/mol. The van der Waals surface area contributed by atoms with Gasteiger partial charge in [-0.1, -0.05) is 38.4 Å². The number of allylic oxidation sites excluding steroid dienone is 2. The lowest BCUT2D eigenvalue weighted by Crippen LogP contribution is -2.36. The summed E-state index contributed by atoms with van der Waals surface area (Å²) in [7, 11) is 1.40. The number of pyridine rings is 1. The molecule has 2 aromatic carbocycles. The number of H-pyrrole nitrogens is 1. The van der Waals surface area contributed by atoms with Gasteiger partial charge in [0.2, 0.25) is 0 Å². The van der Waals surface area contributed by atoms with Crippen LogP contribution in [0.5, 0.6) is 11.5 Å². The number of nitriles is 1. The van der Waals surface area contributed by atoms with Crippen LogP contribution >= 0.6 is 11.6 Å². The molecule has 2 heterocycles. The van der Waals surface area contributed by atoms with Crippen molar-refractivity contribution in [3.63, 3.8) is 0 Å². The molecule has 1 unspecified atom stereocenters. The number of rotatable bonds is 9. The molecule has 11 heteroatoms. The number of alkyl halides is 2. The Kier molecular flexibility index (Phi) is 9.90. The highest BCUT2D eigenvalue weighted by Crippen LogP contribution is 2.40. The van der Waals surface area contributed by atoms with Gasteiger partial charge in [-0.05, 0) is 66.8 Å². The van der Waals surface area contributed by atoms with E-state index >= 15 is 8.78 Å². The molecule has 0 fully saturated rings. The summed E-state index contributed by atoms with van der Waals surface area (Å²) in [6.45, 7) is 4.58. The summed E-state index contributed by atoms with van der Waals surface area (Å²) in [5.74, 6) is -5.92. The van der Waals surface area contributed by atoms with E-state index < -0.39 is 46.9 Å². The van der Waals surface area contributed by atoms with E-state index in [0.29, 0.717) is 17.7 Å². The molecule has 1 atom stereocenters. The van der Waals surface area contributed by atoms with Crippen molar-refractivity contribution in [1.82, 2.24) is 9.88 Å². The number of methoxy groups -OCH3 is 1. The normalized spacial score (nSPS) is 15.6. The third-order valence-corrected chi connectivity index (χ3v) is 7.61. The minimum atomic E-state index is -3.38. The van der Waals surface area contributed by atoms with Crippen molar-refractivity contribution in [2.75, 3.05) is 7.11 Å². The van der Waals surface area contributed by atoms with Crippen LogP contribution in [0, 0.1) is 23.1 Å². The Bertz CT molecular complexity index is 1740. The molecule has 0 spiro atoms. The second kappa shape index (κ2) is 13.4. The van der Waals surface area contributed by atoms with E-state index in [-0.39, 0.29) is 46.2 Å². The number of amides is 1. The summed E-state index contributed by atoms with van der Waals surface area (Å²) < 4.78 is 56.5. The molecule has 3 aromatic rings. The average molecular weight is 626 g/mol. The Morgan fingerprint density at radius 1 is 1.14 bits per heavy atom. The van der Waals surface area contributed by atoms with Gasteiger partial charge in [-0.15, -0.1) is 0 Å². The van der Waals surface area contributed by atoms with Gasteiger partial charge in [-0.25, -0.2) is 13.2 Å². The number of aromatic nitrogens is 1. The van der Waals surface area contributed by atoms with Crippen molar-refractivity contribution < 1.29 is 27.4 Å². The number of carbonyl (C=O) groups excluding carboxylic acids is 1. The van der Waals surface area contributed by atoms with Crippen molar-refractivity contribution >= 4 is 17.5 Å². The summed E-state index contributed by atoms with van der Waals surface area (Å²) in [4.78, 5) is 31.3. The highest BCUT2D eigenvalue weighted by atomic mass is 35.5. The minimum Gasteiger partial charge on any atom is -0.496 e. The Morgan fingerprint density at radius 3 is 2.55 bits per heavy atom. The summed E-state index contributed by atoms with van der Waals surface area (Å²) in [5.41, 5.74) is 0.493. The zero-order valence-electron chi connectivity index (χ0n) is 24.6. The smallest absolute Gasteiger partial charge is 0.294 e. The standard InChI is InChI=1S/C33H31ClF3N3O4/c1-5-27-21(14-26(31(41)39-27)25-16-23(35)9-10-28(25)43-4)18-40-11-7-8-19(3)29(33(36,37)6-2)30(32(40)42)44-24-13-20(17-38)12-22(34)15-24/h7,9-16,19H,5-6,8,18H2,1-4H3,(H,39,41). The molecule has 0 saturated heterocycles. The largest absolute Gasteiger partial charge is 0.496 e. The lowest BCUT2D eigenvalue weighted by Gasteiger charge is -2.30. The van der Waals surface area contributed by atoms with Crippen molar-refractivity contribution in [1.29, 1.82) is 5.26 Å². The molecule has 1 aliphatic rings. The van der Waals surface area contributed by atoms with E-state index in [2.05, 4.69) is 4.98 Å². The van der Waals surface area contributed by atoms with Gasteiger partial charge in [0.05, 0.1) is 30.9 Å². The molecule has 44 heavy (non-hydrogen) atoms. The van der Waals surface area contributed by atoms with Crippen LogP contribution in [0.1, 0.15) is 50.4 Å². The number of hydrogen-bond donors (Lipinski definition) is 1. The molecule has 1 aromatic heterocycles. The van der Waals surface area contributed by atoms with E-state index in [1.165, 1.54) is 61.5 Å². The zero-order chi connectivity index (χ0) is 32.2. The molecular formula is C33H31ClF3N3O4. The van der Waals surface area contributed by atoms with Crippen molar-refractivity contribution in [2.24, 2.45) is 5.92 Å². The van der Waals surface area contributed by atoms with E-state index in [1.54, 1.807) is 19.1 Å². The van der Waals surface area contributed by atoms with E-state index in [0.717, 1.165) is 0 Å². The second-order valence-electron chi connectivity index (χ2n) is 10.4. The molecule has 0 radical (unpaired) electrons.